The van der Waals surface area contributed by atoms with Crippen molar-refractivity contribution < 1.29 is 23.7 Å². The molecule has 0 bridgehead atoms. The summed E-state index contributed by atoms with van der Waals surface area (Å²) in [7, 11) is -1.20. The number of aliphatic hydroxyl groups is 1. The third-order valence-corrected chi connectivity index (χ3v) is 7.39. The van der Waals surface area contributed by atoms with E-state index in [0.29, 0.717) is 42.5 Å². The van der Waals surface area contributed by atoms with Crippen LogP contribution in [0, 0.1) is 5.92 Å². The summed E-state index contributed by atoms with van der Waals surface area (Å²) in [6, 6.07) is 8.85. The van der Waals surface area contributed by atoms with Crippen molar-refractivity contribution in [2.75, 3.05) is 25.1 Å². The fourth-order valence-electron chi connectivity index (χ4n) is 4.03. The van der Waals surface area contributed by atoms with E-state index in [1.165, 1.54) is 6.33 Å². The number of aromatic nitrogens is 4. The molecule has 1 aliphatic heterocycles. The maximum Gasteiger partial charge on any atom is 0.194 e. The second-order valence-electron chi connectivity index (χ2n) is 7.66. The molecule has 11 heteroatoms. The number of carbonyl (C=O) groups is 1. The van der Waals surface area contributed by atoms with Crippen LogP contribution in [-0.2, 0) is 18.6 Å². The molecule has 0 spiro atoms. The molecule has 0 amide bonds. The van der Waals surface area contributed by atoms with Gasteiger partial charge in [-0.15, -0.1) is 0 Å². The van der Waals surface area contributed by atoms with Gasteiger partial charge < -0.3 is 24.6 Å². The molecule has 3 aromatic rings. The Bertz CT molecular complexity index is 1080. The summed E-state index contributed by atoms with van der Waals surface area (Å²) in [5.41, 5.74) is 7.45. The average Bonchev–Trinajstić information content (AvgIpc) is 3.44. The van der Waals surface area contributed by atoms with Gasteiger partial charge in [-0.1, -0.05) is 30.3 Å². The Morgan fingerprint density at radius 1 is 1.24 bits per heavy atom. The third-order valence-electron chi connectivity index (χ3n) is 5.53. The number of ketones is 1. The van der Waals surface area contributed by atoms with Crippen LogP contribution in [0.25, 0.3) is 11.2 Å². The Morgan fingerprint density at radius 2 is 1.97 bits per heavy atom. The summed E-state index contributed by atoms with van der Waals surface area (Å²) in [5.74, 6) is -0.339. The molecule has 3 heterocycles. The number of nitrogens with zero attached hydrogens (tertiary/aromatic N) is 4. The molecule has 1 fully saturated rings. The van der Waals surface area contributed by atoms with E-state index < -0.39 is 32.6 Å². The van der Waals surface area contributed by atoms with Crippen LogP contribution in [0.2, 0.25) is 0 Å². The van der Waals surface area contributed by atoms with Gasteiger partial charge in [0.15, 0.2) is 25.6 Å². The molecule has 1 aliphatic rings. The number of benzene rings is 1. The number of rotatable bonds is 10. The van der Waals surface area contributed by atoms with Crippen LogP contribution in [0.3, 0.4) is 0 Å². The zero-order chi connectivity index (χ0) is 23.4. The largest absolute Gasteiger partial charge is 0.382 e. The van der Waals surface area contributed by atoms with E-state index in [4.69, 9.17) is 19.5 Å². The van der Waals surface area contributed by atoms with Gasteiger partial charge in [-0.3, -0.25) is 9.36 Å². The minimum absolute atomic E-state index is 0.221. The summed E-state index contributed by atoms with van der Waals surface area (Å²) >= 11 is 0. The molecular formula is C22H28N5O5P. The first-order chi connectivity index (χ1) is 16.0. The van der Waals surface area contributed by atoms with Crippen LogP contribution >= 0.6 is 8.38 Å². The summed E-state index contributed by atoms with van der Waals surface area (Å²) in [6.07, 6.45) is 1.33. The van der Waals surface area contributed by atoms with E-state index in [-0.39, 0.29) is 11.7 Å². The quantitative estimate of drug-likeness (QED) is 0.426. The molecule has 0 aliphatic carbocycles. The molecule has 0 radical (unpaired) electrons. The number of aliphatic hydroxyl groups excluding tert-OH is 1. The first kappa shape index (κ1) is 23.7. The standard InChI is InChI=1S/C22H28N5O5P/c1-3-30-33(31-4-2)11-15-10-16(27-13-26-17-21(23)24-12-25-22(17)27)32-20(15)19(29)18(28)14-8-6-5-7-9-14/h5-9,12-13,15-16,18,20,28H,3-4,10-11H2,1-2H3,(H2,23,24,25)/t15-,16-,18?,20+/m1/s1. The molecule has 0 saturated carbocycles. The monoisotopic (exact) mass is 473 g/mol. The third kappa shape index (κ3) is 5.05. The highest BCUT2D eigenvalue weighted by Gasteiger charge is 2.44. The smallest absolute Gasteiger partial charge is 0.194 e. The molecule has 33 heavy (non-hydrogen) atoms. The molecule has 1 unspecified atom stereocenters. The van der Waals surface area contributed by atoms with Gasteiger partial charge in [0.05, 0.1) is 19.5 Å². The number of hydrogen-bond donors (Lipinski definition) is 2. The van der Waals surface area contributed by atoms with Crippen molar-refractivity contribution in [3.63, 3.8) is 0 Å². The fraction of sp³-hybridized carbons (Fsp3) is 0.455. The topological polar surface area (TPSA) is 135 Å². The highest BCUT2D eigenvalue weighted by molar-refractivity contribution is 7.47. The van der Waals surface area contributed by atoms with Gasteiger partial charge in [0, 0.05) is 12.1 Å². The zero-order valence-corrected chi connectivity index (χ0v) is 19.5. The van der Waals surface area contributed by atoms with Crippen molar-refractivity contribution in [2.45, 2.75) is 38.7 Å². The normalized spacial score (nSPS) is 21.6. The van der Waals surface area contributed by atoms with Gasteiger partial charge in [0.25, 0.3) is 0 Å². The van der Waals surface area contributed by atoms with Crippen molar-refractivity contribution in [1.29, 1.82) is 0 Å². The molecule has 3 N–H and O–H groups in total. The number of hydrogen-bond acceptors (Lipinski definition) is 9. The molecule has 10 nitrogen and oxygen atoms in total. The molecule has 4 rings (SSSR count). The fourth-order valence-corrected chi connectivity index (χ4v) is 5.61. The van der Waals surface area contributed by atoms with Crippen LogP contribution in [0.4, 0.5) is 5.82 Å². The van der Waals surface area contributed by atoms with Crippen LogP contribution in [0.1, 0.15) is 38.2 Å². The molecule has 4 atom stereocenters. The van der Waals surface area contributed by atoms with Gasteiger partial charge in [0.1, 0.15) is 30.3 Å². The SMILES string of the molecule is CCOP(C[C@H]1C[C@H](n2cnc3c(N)ncnc32)O[C@@H]1C(=O)C(O)c1ccccc1)OCC. The number of imidazole rings is 1. The number of ether oxygens (including phenoxy) is 1. The lowest BCUT2D eigenvalue weighted by atomic mass is 9.94. The Balaban J connectivity index is 1.62. The molecule has 1 saturated heterocycles. The minimum Gasteiger partial charge on any atom is -0.382 e. The van der Waals surface area contributed by atoms with E-state index >= 15 is 0 Å². The van der Waals surface area contributed by atoms with Crippen molar-refractivity contribution in [3.05, 3.63) is 48.5 Å². The van der Waals surface area contributed by atoms with Crippen molar-refractivity contribution in [1.82, 2.24) is 19.5 Å². The Morgan fingerprint density at radius 3 is 2.67 bits per heavy atom. The van der Waals surface area contributed by atoms with Gasteiger partial charge in [-0.2, -0.15) is 0 Å². The maximum absolute atomic E-state index is 13.4. The number of fused-ring (bicyclic) bond motifs is 1. The number of nitrogen functional groups attached to an aromatic ring is 1. The van der Waals surface area contributed by atoms with Gasteiger partial charge in [-0.25, -0.2) is 15.0 Å². The Labute approximate surface area is 193 Å². The van der Waals surface area contributed by atoms with E-state index in [1.54, 1.807) is 35.2 Å². The first-order valence-electron chi connectivity index (χ1n) is 10.9. The van der Waals surface area contributed by atoms with Crippen LogP contribution < -0.4 is 5.73 Å². The summed E-state index contributed by atoms with van der Waals surface area (Å²) < 4.78 is 19.6. The predicted octanol–water partition coefficient (Wildman–Crippen LogP) is 3.00. The summed E-state index contributed by atoms with van der Waals surface area (Å²) in [4.78, 5) is 25.9. The highest BCUT2D eigenvalue weighted by atomic mass is 31.2. The van der Waals surface area contributed by atoms with E-state index in [2.05, 4.69) is 15.0 Å². The number of carbonyl (C=O) groups excluding carboxylic acids is 1. The summed E-state index contributed by atoms with van der Waals surface area (Å²) in [5, 5.41) is 10.8. The van der Waals surface area contributed by atoms with E-state index in [0.717, 1.165) is 0 Å². The van der Waals surface area contributed by atoms with Gasteiger partial charge in [0.2, 0.25) is 0 Å². The average molecular weight is 473 g/mol. The zero-order valence-electron chi connectivity index (χ0n) is 18.6. The number of anilines is 1. The molecule has 1 aromatic carbocycles. The lowest BCUT2D eigenvalue weighted by Crippen LogP contribution is -2.33. The predicted molar refractivity (Wildman–Crippen MR) is 123 cm³/mol. The minimum atomic E-state index is -1.29. The lowest BCUT2D eigenvalue weighted by Gasteiger charge is -2.23. The maximum atomic E-state index is 13.4. The van der Waals surface area contributed by atoms with Crippen LogP contribution in [0.5, 0.6) is 0 Å². The molecular weight excluding hydrogens is 445 g/mol. The lowest BCUT2D eigenvalue weighted by molar-refractivity contribution is -0.142. The number of Topliss-reactive ketones (excluding diaryl/α,β-unsaturated/α-hetero) is 1. The second-order valence-corrected chi connectivity index (χ2v) is 9.20. The van der Waals surface area contributed by atoms with E-state index in [9.17, 15) is 9.90 Å². The van der Waals surface area contributed by atoms with Crippen LogP contribution in [-0.4, -0.2) is 55.9 Å². The Hall–Kier alpha value is -2.49. The van der Waals surface area contributed by atoms with Crippen molar-refractivity contribution >= 4 is 31.1 Å². The Kier molecular flexibility index (Phi) is 7.62. The van der Waals surface area contributed by atoms with Crippen molar-refractivity contribution in [2.24, 2.45) is 5.92 Å². The van der Waals surface area contributed by atoms with Gasteiger partial charge >= 0.3 is 0 Å². The second kappa shape index (κ2) is 10.6. The van der Waals surface area contributed by atoms with E-state index in [1.807, 2.05) is 19.9 Å². The summed E-state index contributed by atoms with van der Waals surface area (Å²) in [6.45, 7) is 4.84. The molecule has 176 valence electrons. The van der Waals surface area contributed by atoms with Crippen LogP contribution in [0.15, 0.2) is 43.0 Å². The number of nitrogens with two attached hydrogens (primary N) is 1. The highest BCUT2D eigenvalue weighted by Crippen LogP contribution is 2.47. The van der Waals surface area contributed by atoms with Crippen molar-refractivity contribution in [3.8, 4) is 0 Å². The first-order valence-corrected chi connectivity index (χ1v) is 12.3. The molecule has 2 aromatic heterocycles. The van der Waals surface area contributed by atoms with Gasteiger partial charge in [-0.05, 0) is 25.8 Å².